The Hall–Kier alpha value is -1.78. The molecule has 1 atom stereocenters. The summed E-state index contributed by atoms with van der Waals surface area (Å²) in [6.07, 6.45) is 5.98. The van der Waals surface area contributed by atoms with Crippen LogP contribution in [0.25, 0.3) is 5.69 Å². The van der Waals surface area contributed by atoms with Crippen LogP contribution in [0.15, 0.2) is 48.8 Å². The van der Waals surface area contributed by atoms with E-state index in [0.29, 0.717) is 6.04 Å². The second-order valence-electron chi connectivity index (χ2n) is 5.17. The Balaban J connectivity index is 1.59. The van der Waals surface area contributed by atoms with Gasteiger partial charge in [-0.2, -0.15) is 5.10 Å². The number of thiophene rings is 1. The lowest BCUT2D eigenvalue weighted by Crippen LogP contribution is -2.07. The van der Waals surface area contributed by atoms with Crippen LogP contribution in [-0.4, -0.2) is 9.78 Å². The van der Waals surface area contributed by atoms with Gasteiger partial charge in [0.15, 0.2) is 0 Å². The summed E-state index contributed by atoms with van der Waals surface area (Å²) in [6, 6.07) is 12.7. The molecule has 0 amide bonds. The normalized spacial score (nSPS) is 16.9. The molecule has 3 nitrogen and oxygen atoms in total. The number of fused-ring (bicyclic) bond motifs is 1. The Labute approximate surface area is 132 Å². The number of nitrogens with zero attached hydrogens (tertiary/aromatic N) is 2. The van der Waals surface area contributed by atoms with Crippen molar-refractivity contribution >= 4 is 28.6 Å². The van der Waals surface area contributed by atoms with E-state index in [-0.39, 0.29) is 0 Å². The molecule has 1 N–H and O–H groups in total. The Bertz CT molecular complexity index is 764. The molecule has 1 aromatic carbocycles. The quantitative estimate of drug-likeness (QED) is 0.760. The van der Waals surface area contributed by atoms with Gasteiger partial charge < -0.3 is 5.32 Å². The molecule has 2 aromatic heterocycles. The number of aryl methyl sites for hydroxylation is 1. The monoisotopic (exact) mass is 315 g/mol. The Kier molecular flexibility index (Phi) is 3.20. The fraction of sp³-hybridized carbons (Fsp3) is 0.188. The first kappa shape index (κ1) is 12.9. The summed E-state index contributed by atoms with van der Waals surface area (Å²) < 4.78 is 2.75. The highest BCUT2D eigenvalue weighted by atomic mass is 35.5. The first-order valence-electron chi connectivity index (χ1n) is 6.94. The van der Waals surface area contributed by atoms with Crippen LogP contribution in [0.2, 0.25) is 4.34 Å². The average molecular weight is 316 g/mol. The predicted octanol–water partition coefficient (Wildman–Crippen LogP) is 4.69. The molecular formula is C16H14ClN3S. The van der Waals surface area contributed by atoms with Crippen molar-refractivity contribution in [3.05, 3.63) is 63.6 Å². The van der Waals surface area contributed by atoms with Crippen LogP contribution >= 0.6 is 22.9 Å². The van der Waals surface area contributed by atoms with Gasteiger partial charge in [0.1, 0.15) is 0 Å². The molecule has 4 rings (SSSR count). The van der Waals surface area contributed by atoms with Crippen molar-refractivity contribution in [2.45, 2.75) is 18.9 Å². The summed E-state index contributed by atoms with van der Waals surface area (Å²) in [5.41, 5.74) is 3.53. The van der Waals surface area contributed by atoms with E-state index in [4.69, 9.17) is 11.6 Å². The van der Waals surface area contributed by atoms with Gasteiger partial charge in [0, 0.05) is 23.0 Å². The molecule has 5 heteroatoms. The SMILES string of the molecule is Clc1cc2c(s1)CCC2Nc1cccc(-n2cccn2)c1. The molecule has 0 aliphatic heterocycles. The van der Waals surface area contributed by atoms with Gasteiger partial charge in [0.05, 0.1) is 16.1 Å². The Morgan fingerprint density at radius 1 is 1.29 bits per heavy atom. The zero-order chi connectivity index (χ0) is 14.2. The smallest absolute Gasteiger partial charge is 0.0934 e. The highest BCUT2D eigenvalue weighted by Crippen LogP contribution is 2.40. The van der Waals surface area contributed by atoms with Crippen LogP contribution in [-0.2, 0) is 6.42 Å². The van der Waals surface area contributed by atoms with Crippen molar-refractivity contribution in [1.82, 2.24) is 9.78 Å². The minimum atomic E-state index is 0.358. The van der Waals surface area contributed by atoms with E-state index < -0.39 is 0 Å². The van der Waals surface area contributed by atoms with Gasteiger partial charge in [0.2, 0.25) is 0 Å². The molecule has 0 spiro atoms. The molecule has 1 unspecified atom stereocenters. The lowest BCUT2D eigenvalue weighted by Gasteiger charge is -2.15. The van der Waals surface area contributed by atoms with Crippen molar-refractivity contribution in [2.75, 3.05) is 5.32 Å². The molecule has 2 heterocycles. The Morgan fingerprint density at radius 3 is 3.10 bits per heavy atom. The van der Waals surface area contributed by atoms with Crippen LogP contribution in [0.3, 0.4) is 0 Å². The zero-order valence-electron chi connectivity index (χ0n) is 11.3. The summed E-state index contributed by atoms with van der Waals surface area (Å²) in [5.74, 6) is 0. The molecule has 1 aliphatic rings. The van der Waals surface area contributed by atoms with Gasteiger partial charge in [-0.3, -0.25) is 0 Å². The standard InChI is InChI=1S/C16H14ClN3S/c17-16-10-13-14(5-6-15(13)21-16)19-11-3-1-4-12(9-11)20-8-2-7-18-20/h1-4,7-10,14,19H,5-6H2. The minimum absolute atomic E-state index is 0.358. The summed E-state index contributed by atoms with van der Waals surface area (Å²) >= 11 is 7.82. The topological polar surface area (TPSA) is 29.9 Å². The van der Waals surface area contributed by atoms with Crippen LogP contribution in [0.5, 0.6) is 0 Å². The summed E-state index contributed by atoms with van der Waals surface area (Å²) in [6.45, 7) is 0. The summed E-state index contributed by atoms with van der Waals surface area (Å²) in [4.78, 5) is 1.42. The molecule has 0 saturated heterocycles. The first-order valence-corrected chi connectivity index (χ1v) is 8.14. The molecule has 21 heavy (non-hydrogen) atoms. The third-order valence-electron chi connectivity index (χ3n) is 3.80. The highest BCUT2D eigenvalue weighted by molar-refractivity contribution is 7.16. The number of benzene rings is 1. The molecule has 3 aromatic rings. The first-order chi connectivity index (χ1) is 10.3. The van der Waals surface area contributed by atoms with E-state index in [1.807, 2.05) is 16.9 Å². The van der Waals surface area contributed by atoms with E-state index in [1.54, 1.807) is 17.5 Å². The maximum Gasteiger partial charge on any atom is 0.0934 e. The van der Waals surface area contributed by atoms with Crippen molar-refractivity contribution in [2.24, 2.45) is 0 Å². The third-order valence-corrected chi connectivity index (χ3v) is 5.14. The number of hydrogen-bond donors (Lipinski definition) is 1. The second-order valence-corrected chi connectivity index (χ2v) is 6.93. The van der Waals surface area contributed by atoms with Crippen LogP contribution < -0.4 is 5.32 Å². The highest BCUT2D eigenvalue weighted by Gasteiger charge is 2.24. The molecule has 0 radical (unpaired) electrons. The molecular weight excluding hydrogens is 302 g/mol. The Morgan fingerprint density at radius 2 is 2.24 bits per heavy atom. The van der Waals surface area contributed by atoms with Crippen molar-refractivity contribution in [3.8, 4) is 5.69 Å². The maximum absolute atomic E-state index is 6.12. The minimum Gasteiger partial charge on any atom is -0.378 e. The van der Waals surface area contributed by atoms with Gasteiger partial charge in [-0.25, -0.2) is 4.68 Å². The van der Waals surface area contributed by atoms with Gasteiger partial charge in [0.25, 0.3) is 0 Å². The van der Waals surface area contributed by atoms with Crippen molar-refractivity contribution < 1.29 is 0 Å². The number of halogens is 1. The number of hydrogen-bond acceptors (Lipinski definition) is 3. The summed E-state index contributed by atoms with van der Waals surface area (Å²) in [7, 11) is 0. The lowest BCUT2D eigenvalue weighted by molar-refractivity contribution is 0.762. The van der Waals surface area contributed by atoms with Crippen molar-refractivity contribution in [3.63, 3.8) is 0 Å². The fourth-order valence-electron chi connectivity index (χ4n) is 2.84. The molecule has 0 fully saturated rings. The van der Waals surface area contributed by atoms with Crippen molar-refractivity contribution in [1.29, 1.82) is 0 Å². The predicted molar refractivity (Wildman–Crippen MR) is 87.6 cm³/mol. The van der Waals surface area contributed by atoms with Gasteiger partial charge in [-0.1, -0.05) is 17.7 Å². The average Bonchev–Trinajstić information content (AvgIpc) is 3.18. The molecule has 0 bridgehead atoms. The molecule has 0 saturated carbocycles. The number of nitrogens with one attached hydrogen (secondary N) is 1. The fourth-order valence-corrected chi connectivity index (χ4v) is 4.20. The van der Waals surface area contributed by atoms with Crippen LogP contribution in [0.1, 0.15) is 22.9 Å². The molecule has 106 valence electrons. The molecule has 1 aliphatic carbocycles. The van der Waals surface area contributed by atoms with E-state index in [1.165, 1.54) is 10.4 Å². The summed E-state index contributed by atoms with van der Waals surface area (Å²) in [5, 5.41) is 7.89. The number of rotatable bonds is 3. The largest absolute Gasteiger partial charge is 0.378 e. The van der Waals surface area contributed by atoms with Gasteiger partial charge in [-0.05, 0) is 48.7 Å². The third kappa shape index (κ3) is 2.45. The second kappa shape index (κ2) is 5.20. The van der Waals surface area contributed by atoms with E-state index in [0.717, 1.165) is 28.6 Å². The van der Waals surface area contributed by atoms with Gasteiger partial charge in [-0.15, -0.1) is 11.3 Å². The van der Waals surface area contributed by atoms with E-state index in [9.17, 15) is 0 Å². The zero-order valence-corrected chi connectivity index (χ0v) is 12.9. The maximum atomic E-state index is 6.12. The number of aromatic nitrogens is 2. The number of anilines is 1. The van der Waals surface area contributed by atoms with Crippen LogP contribution in [0, 0.1) is 0 Å². The van der Waals surface area contributed by atoms with Gasteiger partial charge >= 0.3 is 0 Å². The van der Waals surface area contributed by atoms with E-state index in [2.05, 4.69) is 40.7 Å². The lowest BCUT2D eigenvalue weighted by atomic mass is 10.1. The van der Waals surface area contributed by atoms with Crippen LogP contribution in [0.4, 0.5) is 5.69 Å². The van der Waals surface area contributed by atoms with E-state index >= 15 is 0 Å².